The molecular weight excluding hydrogens is 412 g/mol. The summed E-state index contributed by atoms with van der Waals surface area (Å²) < 4.78 is 9.49. The summed E-state index contributed by atoms with van der Waals surface area (Å²) in [7, 11) is 1.68. The predicted octanol–water partition coefficient (Wildman–Crippen LogP) is 7.34. The maximum atomic E-state index is 11.6. The second-order valence-corrected chi connectivity index (χ2v) is 9.22. The minimum atomic E-state index is -0.324. The Balaban J connectivity index is 0.000000214. The Morgan fingerprint density at radius 3 is 1.85 bits per heavy atom. The molecular formula is C29H42O4. The maximum absolute atomic E-state index is 11.6. The van der Waals surface area contributed by atoms with E-state index in [1.807, 2.05) is 25.1 Å². The highest BCUT2D eigenvalue weighted by molar-refractivity contribution is 6.00. The van der Waals surface area contributed by atoms with Crippen molar-refractivity contribution in [2.75, 3.05) is 20.3 Å². The van der Waals surface area contributed by atoms with Crippen LogP contribution in [-0.2, 0) is 9.47 Å². The van der Waals surface area contributed by atoms with Crippen LogP contribution in [0.1, 0.15) is 87.4 Å². The van der Waals surface area contributed by atoms with Crippen molar-refractivity contribution in [1.82, 2.24) is 0 Å². The Hall–Kier alpha value is -2.20. The summed E-state index contributed by atoms with van der Waals surface area (Å²) in [4.78, 5) is 22.9. The van der Waals surface area contributed by atoms with Gasteiger partial charge in [0.25, 0.3) is 0 Å². The molecule has 2 aromatic rings. The number of esters is 1. The molecule has 0 spiro atoms. The molecule has 3 saturated carbocycles. The number of Topliss-reactive ketones (excluding diaryl/α,β-unsaturated/α-hetero) is 1. The van der Waals surface area contributed by atoms with Gasteiger partial charge in [-0.2, -0.15) is 0 Å². The first kappa shape index (κ1) is 27.0. The van der Waals surface area contributed by atoms with E-state index in [0.29, 0.717) is 17.7 Å². The van der Waals surface area contributed by atoms with Gasteiger partial charge in [-0.05, 0) is 106 Å². The van der Waals surface area contributed by atoms with Crippen LogP contribution in [0.25, 0.3) is 10.8 Å². The number of carbonyl (C=O) groups is 2. The molecule has 0 aromatic heterocycles. The SMILES string of the molecule is C.C1CC2C3CCC(C3)C2C1.CCOC.CCOC(=O)c1ccc2cc(C(C)=O)ccc2c1. The third-order valence-electron chi connectivity index (χ3n) is 7.40. The van der Waals surface area contributed by atoms with Gasteiger partial charge in [0, 0.05) is 19.3 Å². The number of carbonyl (C=O) groups excluding carboxylic acids is 2. The highest BCUT2D eigenvalue weighted by Crippen LogP contribution is 2.58. The summed E-state index contributed by atoms with van der Waals surface area (Å²) in [6.07, 6.45) is 9.53. The van der Waals surface area contributed by atoms with Crippen LogP contribution in [0.3, 0.4) is 0 Å². The minimum Gasteiger partial charge on any atom is -0.462 e. The topological polar surface area (TPSA) is 52.6 Å². The molecule has 4 atom stereocenters. The van der Waals surface area contributed by atoms with Crippen LogP contribution in [-0.4, -0.2) is 32.1 Å². The Kier molecular flexibility index (Phi) is 10.6. The molecule has 3 fully saturated rings. The highest BCUT2D eigenvalue weighted by atomic mass is 16.5. The molecule has 0 N–H and O–H groups in total. The van der Waals surface area contributed by atoms with Gasteiger partial charge in [0.15, 0.2) is 5.78 Å². The number of rotatable bonds is 4. The fourth-order valence-electron chi connectivity index (χ4n) is 5.82. The first-order valence-electron chi connectivity index (χ1n) is 12.2. The lowest BCUT2D eigenvalue weighted by molar-refractivity contribution is 0.0526. The molecule has 4 nitrogen and oxygen atoms in total. The molecule has 3 aliphatic rings. The van der Waals surface area contributed by atoms with Gasteiger partial charge in [0.05, 0.1) is 12.2 Å². The monoisotopic (exact) mass is 454 g/mol. The van der Waals surface area contributed by atoms with Crippen molar-refractivity contribution in [2.45, 2.75) is 66.7 Å². The number of methoxy groups -OCH3 is 1. The molecule has 0 radical (unpaired) electrons. The van der Waals surface area contributed by atoms with Crippen LogP contribution in [0, 0.1) is 23.7 Å². The van der Waals surface area contributed by atoms with Crippen LogP contribution in [0.15, 0.2) is 36.4 Å². The smallest absolute Gasteiger partial charge is 0.338 e. The number of fused-ring (bicyclic) bond motifs is 6. The lowest BCUT2D eigenvalue weighted by Crippen LogP contribution is -2.15. The van der Waals surface area contributed by atoms with Crippen molar-refractivity contribution in [2.24, 2.45) is 23.7 Å². The average molecular weight is 455 g/mol. The van der Waals surface area contributed by atoms with E-state index in [0.717, 1.165) is 17.4 Å². The van der Waals surface area contributed by atoms with Gasteiger partial charge < -0.3 is 9.47 Å². The summed E-state index contributed by atoms with van der Waals surface area (Å²) in [5.41, 5.74) is 1.20. The van der Waals surface area contributed by atoms with Crippen molar-refractivity contribution >= 4 is 22.5 Å². The lowest BCUT2D eigenvalue weighted by Gasteiger charge is -2.23. The van der Waals surface area contributed by atoms with Crippen LogP contribution in [0.5, 0.6) is 0 Å². The number of benzene rings is 2. The van der Waals surface area contributed by atoms with Gasteiger partial charge in [-0.15, -0.1) is 0 Å². The number of ketones is 1. The molecule has 0 heterocycles. The van der Waals surface area contributed by atoms with Gasteiger partial charge in [-0.25, -0.2) is 4.79 Å². The van der Waals surface area contributed by atoms with Gasteiger partial charge in [-0.1, -0.05) is 32.0 Å². The molecule has 4 heteroatoms. The Morgan fingerprint density at radius 2 is 1.36 bits per heavy atom. The molecule has 5 rings (SSSR count). The maximum Gasteiger partial charge on any atom is 0.338 e. The van der Waals surface area contributed by atoms with Crippen molar-refractivity contribution in [3.05, 3.63) is 47.5 Å². The van der Waals surface area contributed by atoms with E-state index in [2.05, 4.69) is 4.74 Å². The quantitative estimate of drug-likeness (QED) is 0.358. The van der Waals surface area contributed by atoms with Crippen molar-refractivity contribution in [1.29, 1.82) is 0 Å². The molecule has 3 aliphatic carbocycles. The van der Waals surface area contributed by atoms with Crippen molar-refractivity contribution in [3.8, 4) is 0 Å². The first-order valence-corrected chi connectivity index (χ1v) is 12.2. The van der Waals surface area contributed by atoms with Gasteiger partial charge in [-0.3, -0.25) is 4.79 Å². The zero-order chi connectivity index (χ0) is 23.1. The number of hydrogen-bond acceptors (Lipinski definition) is 4. The summed E-state index contributed by atoms with van der Waals surface area (Å²) in [5.74, 6) is 4.51. The van der Waals surface area contributed by atoms with E-state index >= 15 is 0 Å². The van der Waals surface area contributed by atoms with Gasteiger partial charge in [0.1, 0.15) is 0 Å². The predicted molar refractivity (Wildman–Crippen MR) is 136 cm³/mol. The zero-order valence-electron chi connectivity index (χ0n) is 20.1. The zero-order valence-corrected chi connectivity index (χ0v) is 20.1. The van der Waals surface area contributed by atoms with Crippen molar-refractivity contribution < 1.29 is 19.1 Å². The molecule has 0 amide bonds. The molecule has 0 aliphatic heterocycles. The second-order valence-electron chi connectivity index (χ2n) is 9.22. The first-order chi connectivity index (χ1) is 15.5. The van der Waals surface area contributed by atoms with E-state index in [4.69, 9.17) is 4.74 Å². The van der Waals surface area contributed by atoms with E-state index in [-0.39, 0.29) is 19.2 Å². The van der Waals surface area contributed by atoms with Gasteiger partial charge >= 0.3 is 5.97 Å². The van der Waals surface area contributed by atoms with Gasteiger partial charge in [0.2, 0.25) is 0 Å². The number of ether oxygens (including phenoxy) is 2. The normalized spacial score (nSPS) is 24.0. The second kappa shape index (κ2) is 12.9. The average Bonchev–Trinajstić information content (AvgIpc) is 3.54. The van der Waals surface area contributed by atoms with E-state index in [1.54, 1.807) is 70.8 Å². The standard InChI is InChI=1S/C15H14O3.C10H16.C3H8O.CH4/c1-3-18-15(17)14-7-6-12-8-11(10(2)16)4-5-13(12)9-14;1-2-9-7-4-5-8(6-7)10(9)3-1;1-3-4-2;/h4-9H,3H2,1-2H3;7-10H,1-6H2;3H2,1-2H3;1H4. The summed E-state index contributed by atoms with van der Waals surface area (Å²) in [6, 6.07) is 10.7. The molecule has 0 saturated heterocycles. The van der Waals surface area contributed by atoms with Crippen LogP contribution in [0.4, 0.5) is 0 Å². The fourth-order valence-corrected chi connectivity index (χ4v) is 5.82. The van der Waals surface area contributed by atoms with Crippen LogP contribution >= 0.6 is 0 Å². The van der Waals surface area contributed by atoms with Crippen LogP contribution < -0.4 is 0 Å². The summed E-state index contributed by atoms with van der Waals surface area (Å²) >= 11 is 0. The molecule has 182 valence electrons. The van der Waals surface area contributed by atoms with Crippen LogP contribution in [0.2, 0.25) is 0 Å². The molecule has 33 heavy (non-hydrogen) atoms. The molecule has 4 unspecified atom stereocenters. The Bertz CT molecular complexity index is 901. The summed E-state index contributed by atoms with van der Waals surface area (Å²) in [5, 5.41) is 1.86. The lowest BCUT2D eigenvalue weighted by atomic mass is 9.82. The Morgan fingerprint density at radius 1 is 0.848 bits per heavy atom. The fraction of sp³-hybridized carbons (Fsp3) is 0.586. The third kappa shape index (κ3) is 6.66. The highest BCUT2D eigenvalue weighted by Gasteiger charge is 2.48. The molecule has 2 aromatic carbocycles. The van der Waals surface area contributed by atoms with Crippen molar-refractivity contribution in [3.63, 3.8) is 0 Å². The van der Waals surface area contributed by atoms with E-state index in [9.17, 15) is 9.59 Å². The number of hydrogen-bond donors (Lipinski definition) is 0. The van der Waals surface area contributed by atoms with E-state index < -0.39 is 0 Å². The van der Waals surface area contributed by atoms with E-state index in [1.165, 1.54) is 30.6 Å². The molecule has 2 bridgehead atoms. The summed E-state index contributed by atoms with van der Waals surface area (Å²) in [6.45, 7) is 6.45. The minimum absolute atomic E-state index is 0. The third-order valence-corrected chi connectivity index (χ3v) is 7.40. The Labute approximate surface area is 200 Å². The largest absolute Gasteiger partial charge is 0.462 e.